The molecule has 0 radical (unpaired) electrons. The van der Waals surface area contributed by atoms with E-state index in [0.29, 0.717) is 22.5 Å². The Hall–Kier alpha value is -3.03. The number of nitrogens with zero attached hydrogens (tertiary/aromatic N) is 3. The first-order valence-electron chi connectivity index (χ1n) is 5.83. The Balaban J connectivity index is 2.38. The largest absolute Gasteiger partial charge is 0.287 e. The molecule has 0 saturated carbocycles. The Morgan fingerprint density at radius 3 is 2.55 bits per heavy atom. The topological polar surface area (TPSA) is 113 Å². The lowest BCUT2D eigenvalue weighted by atomic mass is 10.2. The van der Waals surface area contributed by atoms with Gasteiger partial charge >= 0.3 is 0 Å². The van der Waals surface area contributed by atoms with Gasteiger partial charge in [0.2, 0.25) is 22.1 Å². The number of benzene rings is 1. The van der Waals surface area contributed by atoms with Gasteiger partial charge in [-0.3, -0.25) is 19.5 Å². The zero-order valence-corrected chi connectivity index (χ0v) is 10.2. The molecule has 0 amide bonds. The molecule has 0 fully saturated rings. The van der Waals surface area contributed by atoms with E-state index in [1.54, 1.807) is 6.92 Å². The second kappa shape index (κ2) is 3.29. The van der Waals surface area contributed by atoms with Crippen molar-refractivity contribution in [1.82, 2.24) is 24.8 Å². The van der Waals surface area contributed by atoms with E-state index in [9.17, 15) is 14.4 Å². The smallest absolute Gasteiger partial charge is 0.245 e. The monoisotopic (exact) mass is 269 g/mol. The number of aromatic nitrogens is 5. The molecule has 0 aliphatic heterocycles. The van der Waals surface area contributed by atoms with Crippen molar-refractivity contribution in [3.63, 3.8) is 0 Å². The molecule has 0 aliphatic carbocycles. The number of rotatable bonds is 0. The maximum absolute atomic E-state index is 12.3. The van der Waals surface area contributed by atoms with Gasteiger partial charge in [0.25, 0.3) is 0 Å². The SMILES string of the molecule is Cc1n[nH]c2nc3c([nH]n12)c(=O)c1cc(=O)c(=O)cc13. The summed E-state index contributed by atoms with van der Waals surface area (Å²) in [5.74, 6) is 1.02. The molecule has 4 aromatic rings. The highest BCUT2D eigenvalue weighted by Crippen LogP contribution is 2.18. The highest BCUT2D eigenvalue weighted by atomic mass is 16.2. The van der Waals surface area contributed by atoms with Gasteiger partial charge in [-0.2, -0.15) is 5.10 Å². The van der Waals surface area contributed by atoms with E-state index < -0.39 is 10.9 Å². The first kappa shape index (κ1) is 10.9. The molecule has 0 spiro atoms. The van der Waals surface area contributed by atoms with Crippen molar-refractivity contribution in [3.05, 3.63) is 48.6 Å². The Kier molecular flexibility index (Phi) is 1.79. The van der Waals surface area contributed by atoms with Gasteiger partial charge in [0, 0.05) is 16.8 Å². The zero-order valence-electron chi connectivity index (χ0n) is 10.2. The number of nitrogens with one attached hydrogen (secondary N) is 2. The van der Waals surface area contributed by atoms with Crippen molar-refractivity contribution in [2.75, 3.05) is 0 Å². The van der Waals surface area contributed by atoms with E-state index in [1.165, 1.54) is 4.52 Å². The zero-order chi connectivity index (χ0) is 14.0. The summed E-state index contributed by atoms with van der Waals surface area (Å²) < 4.78 is 1.53. The van der Waals surface area contributed by atoms with Crippen molar-refractivity contribution in [2.24, 2.45) is 0 Å². The van der Waals surface area contributed by atoms with Crippen LogP contribution in [-0.4, -0.2) is 24.8 Å². The molecule has 2 heterocycles. The summed E-state index contributed by atoms with van der Waals surface area (Å²) in [7, 11) is 0. The van der Waals surface area contributed by atoms with Crippen LogP contribution in [0.2, 0.25) is 0 Å². The van der Waals surface area contributed by atoms with Gasteiger partial charge in [-0.25, -0.2) is 14.6 Å². The Bertz CT molecular complexity index is 1170. The van der Waals surface area contributed by atoms with Crippen LogP contribution in [0.25, 0.3) is 27.6 Å². The lowest BCUT2D eigenvalue weighted by molar-refractivity contribution is 0.885. The molecular formula is C12H7N5O3. The summed E-state index contributed by atoms with van der Waals surface area (Å²) in [5.41, 5.74) is -1.10. The highest BCUT2D eigenvalue weighted by molar-refractivity contribution is 6.08. The van der Waals surface area contributed by atoms with E-state index in [-0.39, 0.29) is 16.3 Å². The normalized spacial score (nSPS) is 11.8. The molecule has 2 aromatic carbocycles. The molecule has 0 aliphatic rings. The number of hydrogen-bond donors (Lipinski definition) is 2. The first-order valence-corrected chi connectivity index (χ1v) is 5.83. The van der Waals surface area contributed by atoms with Crippen LogP contribution in [0.15, 0.2) is 26.5 Å². The van der Waals surface area contributed by atoms with Crippen molar-refractivity contribution < 1.29 is 0 Å². The molecule has 0 atom stereocenters. The molecular weight excluding hydrogens is 262 g/mol. The van der Waals surface area contributed by atoms with Gasteiger partial charge in [0.15, 0.2) is 0 Å². The van der Waals surface area contributed by atoms with Crippen LogP contribution in [0.5, 0.6) is 0 Å². The van der Waals surface area contributed by atoms with Crippen LogP contribution in [0.4, 0.5) is 0 Å². The van der Waals surface area contributed by atoms with Gasteiger partial charge in [-0.1, -0.05) is 0 Å². The average molecular weight is 269 g/mol. The Morgan fingerprint density at radius 2 is 1.80 bits per heavy atom. The van der Waals surface area contributed by atoms with Gasteiger partial charge in [0.05, 0.1) is 0 Å². The summed E-state index contributed by atoms with van der Waals surface area (Å²) >= 11 is 0. The van der Waals surface area contributed by atoms with E-state index in [0.717, 1.165) is 12.1 Å². The van der Waals surface area contributed by atoms with Crippen LogP contribution in [0.3, 0.4) is 0 Å². The van der Waals surface area contributed by atoms with Gasteiger partial charge in [-0.05, 0) is 13.0 Å². The molecule has 4 rings (SSSR count). The molecule has 0 bridgehead atoms. The number of aryl methyl sites for hydroxylation is 1. The second-order valence-electron chi connectivity index (χ2n) is 4.55. The van der Waals surface area contributed by atoms with E-state index in [2.05, 4.69) is 20.3 Å². The number of H-pyrrole nitrogens is 2. The third kappa shape index (κ3) is 1.17. The fraction of sp³-hybridized carbons (Fsp3) is 0.0833. The van der Waals surface area contributed by atoms with Crippen molar-refractivity contribution in [1.29, 1.82) is 0 Å². The molecule has 8 nitrogen and oxygen atoms in total. The van der Waals surface area contributed by atoms with E-state index in [4.69, 9.17) is 0 Å². The van der Waals surface area contributed by atoms with Crippen LogP contribution in [0, 0.1) is 6.92 Å². The van der Waals surface area contributed by atoms with Crippen LogP contribution < -0.4 is 16.3 Å². The quantitative estimate of drug-likeness (QED) is 0.418. The van der Waals surface area contributed by atoms with E-state index >= 15 is 0 Å². The lowest BCUT2D eigenvalue weighted by Crippen LogP contribution is -2.21. The minimum Gasteiger partial charge on any atom is -0.287 e. The Morgan fingerprint density at radius 1 is 1.10 bits per heavy atom. The number of aromatic amines is 2. The fourth-order valence-electron chi connectivity index (χ4n) is 2.35. The van der Waals surface area contributed by atoms with E-state index in [1.807, 2.05) is 0 Å². The van der Waals surface area contributed by atoms with Crippen LogP contribution >= 0.6 is 0 Å². The lowest BCUT2D eigenvalue weighted by Gasteiger charge is -1.96. The maximum Gasteiger partial charge on any atom is 0.245 e. The third-order valence-electron chi connectivity index (χ3n) is 3.34. The van der Waals surface area contributed by atoms with Gasteiger partial charge in [-0.15, -0.1) is 0 Å². The molecule has 0 unspecified atom stereocenters. The summed E-state index contributed by atoms with van der Waals surface area (Å²) in [6.07, 6.45) is 0. The summed E-state index contributed by atoms with van der Waals surface area (Å²) in [6, 6.07) is 2.22. The fourth-order valence-corrected chi connectivity index (χ4v) is 2.35. The summed E-state index contributed by atoms with van der Waals surface area (Å²) in [4.78, 5) is 39.4. The highest BCUT2D eigenvalue weighted by Gasteiger charge is 2.15. The van der Waals surface area contributed by atoms with Crippen molar-refractivity contribution in [2.45, 2.75) is 6.92 Å². The summed E-state index contributed by atoms with van der Waals surface area (Å²) in [5, 5.41) is 10.2. The van der Waals surface area contributed by atoms with Gasteiger partial charge in [0.1, 0.15) is 16.9 Å². The standard InChI is InChI=1S/C12H7N5O3/c1-4-14-15-12-13-9-5-2-7(18)8(19)3-6(5)11(20)10(9)16-17(4)12/h2-3,16H,1H3,(H,13,15). The summed E-state index contributed by atoms with van der Waals surface area (Å²) in [6.45, 7) is 1.74. The minimum atomic E-state index is -0.694. The minimum absolute atomic E-state index is 0.201. The molecule has 2 aromatic heterocycles. The predicted octanol–water partition coefficient (Wildman–Crippen LogP) is -0.481. The van der Waals surface area contributed by atoms with Crippen molar-refractivity contribution >= 4 is 27.6 Å². The molecule has 0 saturated heterocycles. The number of fused-ring (bicyclic) bond motifs is 4. The average Bonchev–Trinajstić information content (AvgIpc) is 2.91. The van der Waals surface area contributed by atoms with Crippen LogP contribution in [0.1, 0.15) is 5.82 Å². The van der Waals surface area contributed by atoms with Crippen LogP contribution in [-0.2, 0) is 0 Å². The van der Waals surface area contributed by atoms with Gasteiger partial charge < -0.3 is 0 Å². The molecule has 8 heteroatoms. The second-order valence-corrected chi connectivity index (χ2v) is 4.55. The maximum atomic E-state index is 12.3. The molecule has 20 heavy (non-hydrogen) atoms. The molecule has 2 N–H and O–H groups in total. The first-order chi connectivity index (χ1) is 9.56. The van der Waals surface area contributed by atoms with Crippen molar-refractivity contribution in [3.8, 4) is 0 Å². The molecule has 98 valence electrons. The Labute approximate surface area is 109 Å². The third-order valence-corrected chi connectivity index (χ3v) is 3.34. The number of hydrogen-bond acceptors (Lipinski definition) is 5. The predicted molar refractivity (Wildman–Crippen MR) is 71.4 cm³/mol.